The Hall–Kier alpha value is -1.62. The van der Waals surface area contributed by atoms with Crippen molar-refractivity contribution in [3.05, 3.63) is 29.0 Å². The van der Waals surface area contributed by atoms with E-state index in [4.69, 9.17) is 11.6 Å². The first-order valence-electron chi connectivity index (χ1n) is 6.23. The van der Waals surface area contributed by atoms with E-state index in [1.807, 2.05) is 6.92 Å². The third-order valence-corrected chi connectivity index (χ3v) is 3.69. The molecule has 0 aliphatic carbocycles. The highest BCUT2D eigenvalue weighted by atomic mass is 35.5. The number of rotatable bonds is 3. The van der Waals surface area contributed by atoms with Crippen molar-refractivity contribution in [3.8, 4) is 0 Å². The van der Waals surface area contributed by atoms with Gasteiger partial charge < -0.3 is 10.2 Å². The van der Waals surface area contributed by atoms with Gasteiger partial charge in [-0.25, -0.2) is 0 Å². The fourth-order valence-corrected chi connectivity index (χ4v) is 2.27. The summed E-state index contributed by atoms with van der Waals surface area (Å²) in [5.41, 5.74) is 0.793. The monoisotopic (exact) mass is 281 g/mol. The van der Waals surface area contributed by atoms with Crippen molar-refractivity contribution < 1.29 is 9.59 Å². The standard InChI is InChI=1S/C13H16ClN3O2/c1-3-11-13(19)17(8(2)12(18)16-11)7-9-4-5-15-6-10(9)14/h4-6,8,11H,3,7H2,1-2H3,(H,16,18). The van der Waals surface area contributed by atoms with Gasteiger partial charge in [0.25, 0.3) is 0 Å². The van der Waals surface area contributed by atoms with Gasteiger partial charge >= 0.3 is 0 Å². The number of carbonyl (C=O) groups excluding carboxylic acids is 2. The van der Waals surface area contributed by atoms with Gasteiger partial charge in [-0.3, -0.25) is 14.6 Å². The third kappa shape index (κ3) is 2.71. The highest BCUT2D eigenvalue weighted by Gasteiger charge is 2.37. The van der Waals surface area contributed by atoms with Crippen LogP contribution in [0.2, 0.25) is 5.02 Å². The molecule has 2 rings (SSSR count). The van der Waals surface area contributed by atoms with E-state index >= 15 is 0 Å². The summed E-state index contributed by atoms with van der Waals surface area (Å²) in [4.78, 5) is 29.6. The summed E-state index contributed by atoms with van der Waals surface area (Å²) < 4.78 is 0. The van der Waals surface area contributed by atoms with E-state index in [9.17, 15) is 9.59 Å². The molecule has 0 aromatic carbocycles. The topological polar surface area (TPSA) is 62.3 Å². The number of hydrogen-bond donors (Lipinski definition) is 1. The highest BCUT2D eigenvalue weighted by Crippen LogP contribution is 2.20. The molecule has 1 aromatic heterocycles. The Labute approximate surface area is 117 Å². The van der Waals surface area contributed by atoms with Crippen molar-refractivity contribution in [1.82, 2.24) is 15.2 Å². The number of hydrogen-bond acceptors (Lipinski definition) is 3. The fraction of sp³-hybridized carbons (Fsp3) is 0.462. The Morgan fingerprint density at radius 3 is 2.84 bits per heavy atom. The molecule has 1 N–H and O–H groups in total. The number of piperazine rings is 1. The van der Waals surface area contributed by atoms with Crippen LogP contribution in [-0.4, -0.2) is 33.8 Å². The van der Waals surface area contributed by atoms with Crippen LogP contribution in [-0.2, 0) is 16.1 Å². The summed E-state index contributed by atoms with van der Waals surface area (Å²) in [6.45, 7) is 3.91. The maximum atomic E-state index is 12.3. The largest absolute Gasteiger partial charge is 0.343 e. The van der Waals surface area contributed by atoms with Gasteiger partial charge in [0.1, 0.15) is 12.1 Å². The summed E-state index contributed by atoms with van der Waals surface area (Å²) in [5.74, 6) is -0.195. The Bertz CT molecular complexity index is 506. The fourth-order valence-electron chi connectivity index (χ4n) is 2.09. The molecule has 0 radical (unpaired) electrons. The van der Waals surface area contributed by atoms with E-state index in [-0.39, 0.29) is 11.8 Å². The zero-order valence-electron chi connectivity index (χ0n) is 10.9. The second kappa shape index (κ2) is 5.57. The number of nitrogens with zero attached hydrogens (tertiary/aromatic N) is 2. The first-order valence-corrected chi connectivity index (χ1v) is 6.61. The second-order valence-electron chi connectivity index (χ2n) is 4.58. The molecule has 6 heteroatoms. The van der Waals surface area contributed by atoms with Crippen LogP contribution in [0.3, 0.4) is 0 Å². The Balaban J connectivity index is 2.24. The molecule has 2 heterocycles. The predicted molar refractivity (Wildman–Crippen MR) is 71.5 cm³/mol. The molecular weight excluding hydrogens is 266 g/mol. The van der Waals surface area contributed by atoms with Crippen LogP contribution in [0.25, 0.3) is 0 Å². The molecule has 1 aromatic rings. The molecule has 1 saturated heterocycles. The minimum absolute atomic E-state index is 0.0671. The zero-order chi connectivity index (χ0) is 14.0. The van der Waals surface area contributed by atoms with Crippen molar-refractivity contribution in [2.45, 2.75) is 38.9 Å². The van der Waals surface area contributed by atoms with Crippen molar-refractivity contribution in [1.29, 1.82) is 0 Å². The Kier molecular flexibility index (Phi) is 4.04. The van der Waals surface area contributed by atoms with Crippen LogP contribution in [0.1, 0.15) is 25.8 Å². The van der Waals surface area contributed by atoms with E-state index in [0.29, 0.717) is 18.0 Å². The van der Waals surface area contributed by atoms with Crippen LogP contribution < -0.4 is 5.32 Å². The molecule has 1 aliphatic rings. The van der Waals surface area contributed by atoms with Crippen LogP contribution in [0.4, 0.5) is 0 Å². The summed E-state index contributed by atoms with van der Waals surface area (Å²) in [7, 11) is 0. The van der Waals surface area contributed by atoms with E-state index in [1.165, 1.54) is 6.20 Å². The van der Waals surface area contributed by atoms with Crippen molar-refractivity contribution in [2.24, 2.45) is 0 Å². The first kappa shape index (κ1) is 13.8. The number of halogens is 1. The van der Waals surface area contributed by atoms with Gasteiger partial charge in [-0.2, -0.15) is 0 Å². The zero-order valence-corrected chi connectivity index (χ0v) is 11.6. The first-order chi connectivity index (χ1) is 9.04. The molecule has 1 aliphatic heterocycles. The normalized spacial score (nSPS) is 23.4. The lowest BCUT2D eigenvalue weighted by Crippen LogP contribution is -2.61. The van der Waals surface area contributed by atoms with Crippen LogP contribution in [0.15, 0.2) is 18.5 Å². The van der Waals surface area contributed by atoms with Gasteiger partial charge in [-0.15, -0.1) is 0 Å². The average molecular weight is 282 g/mol. The average Bonchev–Trinajstić information content (AvgIpc) is 2.41. The van der Waals surface area contributed by atoms with Gasteiger partial charge in [0.05, 0.1) is 5.02 Å². The molecule has 2 atom stereocenters. The van der Waals surface area contributed by atoms with Crippen molar-refractivity contribution in [3.63, 3.8) is 0 Å². The maximum absolute atomic E-state index is 12.3. The summed E-state index contributed by atoms with van der Waals surface area (Å²) in [6.07, 6.45) is 3.74. The Morgan fingerprint density at radius 2 is 2.21 bits per heavy atom. The van der Waals surface area contributed by atoms with Gasteiger partial charge in [-0.05, 0) is 25.0 Å². The van der Waals surface area contributed by atoms with Crippen LogP contribution in [0.5, 0.6) is 0 Å². The number of amides is 2. The molecule has 0 bridgehead atoms. The molecular formula is C13H16ClN3O2. The molecule has 2 unspecified atom stereocenters. The third-order valence-electron chi connectivity index (χ3n) is 3.35. The van der Waals surface area contributed by atoms with E-state index < -0.39 is 12.1 Å². The SMILES string of the molecule is CCC1NC(=O)C(C)N(Cc2ccncc2Cl)C1=O. The van der Waals surface area contributed by atoms with Crippen LogP contribution in [0, 0.1) is 0 Å². The molecule has 102 valence electrons. The molecule has 2 amide bonds. The second-order valence-corrected chi connectivity index (χ2v) is 4.99. The van der Waals surface area contributed by atoms with Gasteiger partial charge in [-0.1, -0.05) is 18.5 Å². The lowest BCUT2D eigenvalue weighted by Gasteiger charge is -2.37. The van der Waals surface area contributed by atoms with Gasteiger partial charge in [0, 0.05) is 18.9 Å². The smallest absolute Gasteiger partial charge is 0.246 e. The minimum atomic E-state index is -0.487. The number of nitrogens with one attached hydrogen (secondary N) is 1. The quantitative estimate of drug-likeness (QED) is 0.910. The summed E-state index contributed by atoms with van der Waals surface area (Å²) in [6, 6.07) is 0.833. The lowest BCUT2D eigenvalue weighted by atomic mass is 10.1. The summed E-state index contributed by atoms with van der Waals surface area (Å²) >= 11 is 6.04. The number of carbonyl (C=O) groups is 2. The Morgan fingerprint density at radius 1 is 1.47 bits per heavy atom. The van der Waals surface area contributed by atoms with Crippen molar-refractivity contribution >= 4 is 23.4 Å². The molecule has 1 fully saturated rings. The van der Waals surface area contributed by atoms with E-state index in [0.717, 1.165) is 5.56 Å². The van der Waals surface area contributed by atoms with E-state index in [1.54, 1.807) is 24.1 Å². The van der Waals surface area contributed by atoms with E-state index in [2.05, 4.69) is 10.3 Å². The molecule has 0 spiro atoms. The number of aromatic nitrogens is 1. The van der Waals surface area contributed by atoms with Crippen molar-refractivity contribution in [2.75, 3.05) is 0 Å². The van der Waals surface area contributed by atoms with Gasteiger partial charge in [0.15, 0.2) is 0 Å². The maximum Gasteiger partial charge on any atom is 0.246 e. The number of pyridine rings is 1. The van der Waals surface area contributed by atoms with Crippen LogP contribution >= 0.6 is 11.6 Å². The molecule has 5 nitrogen and oxygen atoms in total. The predicted octanol–water partition coefficient (Wildman–Crippen LogP) is 1.36. The molecule has 19 heavy (non-hydrogen) atoms. The van der Waals surface area contributed by atoms with Gasteiger partial charge in [0.2, 0.25) is 11.8 Å². The summed E-state index contributed by atoms with van der Waals surface area (Å²) in [5, 5.41) is 3.22. The highest BCUT2D eigenvalue weighted by molar-refractivity contribution is 6.31. The lowest BCUT2D eigenvalue weighted by molar-refractivity contribution is -0.149. The minimum Gasteiger partial charge on any atom is -0.343 e. The molecule has 0 saturated carbocycles.